The maximum atomic E-state index is 10.1. The normalized spacial score (nSPS) is 13.3. The van der Waals surface area contributed by atoms with Crippen LogP contribution in [0.3, 0.4) is 0 Å². The van der Waals surface area contributed by atoms with E-state index in [1.165, 1.54) is 0 Å². The molecule has 1 rings (SSSR count). The predicted octanol–water partition coefficient (Wildman–Crippen LogP) is 6.71. The Kier molecular flexibility index (Phi) is 26.8. The van der Waals surface area contributed by atoms with Crippen LogP contribution in [-0.2, 0) is 9.59 Å². The van der Waals surface area contributed by atoms with Crippen molar-refractivity contribution < 1.29 is 127 Å². The minimum atomic E-state index is -6.00. The largest absolute Gasteiger partial charge is 0.673 e. The third-order valence-corrected chi connectivity index (χ3v) is 0.802. The summed E-state index contributed by atoms with van der Waals surface area (Å²) in [5.41, 5.74) is 0. The molecule has 0 radical (unpaired) electrons. The van der Waals surface area contributed by atoms with E-state index in [1.54, 1.807) is 0 Å². The van der Waals surface area contributed by atoms with E-state index in [0.717, 1.165) is 0 Å². The minimum absolute atomic E-state index is 0. The van der Waals surface area contributed by atoms with E-state index in [4.69, 9.17) is 0 Å². The smallest absolute Gasteiger partial charge is 0.596 e. The molecular weight excluding hydrogens is 766 g/mol. The van der Waals surface area contributed by atoms with Gasteiger partial charge in [-0.15, -0.1) is 0 Å². The quantitative estimate of drug-likeness (QED) is 0.157. The zero-order valence-electron chi connectivity index (χ0n) is 14.6. The van der Waals surface area contributed by atoms with Gasteiger partial charge in [-0.05, 0) is 12.8 Å². The molecule has 0 spiro atoms. The van der Waals surface area contributed by atoms with Crippen molar-refractivity contribution in [2.45, 2.75) is 12.8 Å². The second-order valence-electron chi connectivity index (χ2n) is 3.87. The maximum Gasteiger partial charge on any atom is 0.673 e. The van der Waals surface area contributed by atoms with Crippen molar-refractivity contribution in [1.29, 1.82) is 0 Å². The number of carbonyl (C=O) groups is 2. The van der Waals surface area contributed by atoms with Gasteiger partial charge in [0.2, 0.25) is 0 Å². The van der Waals surface area contributed by atoms with Gasteiger partial charge < -0.3 is 101 Å². The second-order valence-corrected chi connectivity index (χ2v) is 3.87. The summed E-state index contributed by atoms with van der Waals surface area (Å²) >= 11 is 0. The molecule has 1 aliphatic heterocycles. The summed E-state index contributed by atoms with van der Waals surface area (Å²) in [6.07, 6.45) is 0.637. The van der Waals surface area contributed by atoms with Gasteiger partial charge in [0.15, 0.2) is 0 Å². The van der Waals surface area contributed by atoms with Gasteiger partial charge in [0, 0.05) is 31.1 Å². The third kappa shape index (κ3) is 400. The van der Waals surface area contributed by atoms with E-state index in [2.05, 4.69) is 5.32 Å². The molecule has 3 nitrogen and oxygen atoms in total. The number of amides is 2. The van der Waals surface area contributed by atoms with E-state index in [0.29, 0.717) is 12.8 Å². The van der Waals surface area contributed by atoms with Crippen LogP contribution in [-0.4, -0.2) is 48.1 Å². The molecule has 33 heavy (non-hydrogen) atoms. The van der Waals surface area contributed by atoms with E-state index in [9.17, 15) is 95.9 Å². The van der Waals surface area contributed by atoms with Crippen molar-refractivity contribution >= 4 is 48.1 Å². The van der Waals surface area contributed by atoms with Crippen LogP contribution in [0.15, 0.2) is 0 Å². The molecule has 0 bridgehead atoms. The Morgan fingerprint density at radius 3 is 0.515 bits per heavy atom. The van der Waals surface area contributed by atoms with Crippen molar-refractivity contribution in [3.05, 3.63) is 5.32 Å². The first-order valence-corrected chi connectivity index (χ1v) is 6.43. The Labute approximate surface area is 193 Å². The molecule has 0 aromatic heterocycles. The fourth-order valence-corrected chi connectivity index (χ4v) is 0.465. The van der Waals surface area contributed by atoms with Crippen LogP contribution >= 0.6 is 0 Å². The predicted molar refractivity (Wildman–Crippen MR) is 73.5 cm³/mol. The number of halogens is 20. The average Bonchev–Trinajstić information content (AvgIpc) is 2.60. The van der Waals surface area contributed by atoms with Crippen LogP contribution in [0, 0.1) is 31.1 Å². The van der Waals surface area contributed by atoms with Crippen LogP contribution in [0.25, 0.3) is 5.32 Å². The molecule has 0 aliphatic carbocycles. The van der Waals surface area contributed by atoms with E-state index >= 15 is 0 Å². The number of hydrogen-bond acceptors (Lipinski definition) is 2. The Morgan fingerprint density at radius 2 is 0.485 bits per heavy atom. The zero-order valence-corrected chi connectivity index (χ0v) is 18.8. The first kappa shape index (κ1) is 45.6. The SMILES string of the molecule is F[B-](F)(F)F.F[B-](F)(F)F.F[B-](F)(F)F.F[B-](F)(F)F.F[B-](F)(F)F.O=C1CCC(=O)[N-]1.[U]. The zero-order chi connectivity index (χ0) is 27.8. The monoisotopic (exact) mass is 771 g/mol. The molecule has 202 valence electrons. The molecule has 0 aromatic rings. The Bertz CT molecular complexity index is 383. The van der Waals surface area contributed by atoms with Crippen molar-refractivity contribution in [3.8, 4) is 0 Å². The molecule has 1 heterocycles. The maximum absolute atomic E-state index is 10.1. The molecule has 0 aromatic carbocycles. The number of nitrogens with zero attached hydrogens (tertiary/aromatic N) is 1. The molecule has 0 saturated carbocycles. The molecular formula is C4H4B5F20NO2U-6. The van der Waals surface area contributed by atoms with Gasteiger partial charge in [-0.25, -0.2) is 0 Å². The van der Waals surface area contributed by atoms with E-state index in [-0.39, 0.29) is 42.9 Å². The van der Waals surface area contributed by atoms with Crippen LogP contribution in [0.5, 0.6) is 0 Å². The molecule has 0 atom stereocenters. The summed E-state index contributed by atoms with van der Waals surface area (Å²) in [7, 11) is -30.0. The van der Waals surface area contributed by atoms with Crippen LogP contribution in [0.4, 0.5) is 86.3 Å². The molecule has 0 unspecified atom stereocenters. The van der Waals surface area contributed by atoms with Gasteiger partial charge in [-0.1, -0.05) is 0 Å². The fourth-order valence-electron chi connectivity index (χ4n) is 0.465. The molecule has 1 fully saturated rings. The van der Waals surface area contributed by atoms with Gasteiger partial charge >= 0.3 is 36.3 Å². The Morgan fingerprint density at radius 1 is 0.394 bits per heavy atom. The van der Waals surface area contributed by atoms with Gasteiger partial charge in [0.25, 0.3) is 0 Å². The molecule has 1 saturated heterocycles. The van der Waals surface area contributed by atoms with Crippen molar-refractivity contribution in [2.75, 3.05) is 0 Å². The van der Waals surface area contributed by atoms with Crippen molar-refractivity contribution in [1.82, 2.24) is 0 Å². The van der Waals surface area contributed by atoms with E-state index in [1.807, 2.05) is 0 Å². The van der Waals surface area contributed by atoms with Crippen LogP contribution < -0.4 is 0 Å². The molecule has 2 amide bonds. The van der Waals surface area contributed by atoms with Gasteiger partial charge in [-0.3, -0.25) is 0 Å². The summed E-state index contributed by atoms with van der Waals surface area (Å²) in [4.78, 5) is 20.1. The fraction of sp³-hybridized carbons (Fsp3) is 0.500. The second kappa shape index (κ2) is 19.4. The molecule has 1 aliphatic rings. The number of rotatable bonds is 0. The van der Waals surface area contributed by atoms with Crippen LogP contribution in [0.1, 0.15) is 12.8 Å². The summed E-state index contributed by atoms with van der Waals surface area (Å²) in [6.45, 7) is 0. The van der Waals surface area contributed by atoms with Gasteiger partial charge in [-0.2, -0.15) is 0 Å². The van der Waals surface area contributed by atoms with Crippen molar-refractivity contribution in [3.63, 3.8) is 0 Å². The summed E-state index contributed by atoms with van der Waals surface area (Å²) < 4.78 is 195. The van der Waals surface area contributed by atoms with Crippen molar-refractivity contribution in [2.24, 2.45) is 0 Å². The first-order valence-electron chi connectivity index (χ1n) is 6.43. The van der Waals surface area contributed by atoms with Gasteiger partial charge in [0.05, 0.1) is 11.8 Å². The molecule has 29 heteroatoms. The minimum Gasteiger partial charge on any atom is -0.596 e. The summed E-state index contributed by atoms with van der Waals surface area (Å²) in [6, 6.07) is 0. The topological polar surface area (TPSA) is 48.2 Å². The number of carbonyl (C=O) groups excluding carboxylic acids is 2. The standard InChI is InChI=1S/C4H5NO2.5BF4.U/c6-3-1-2-4(7)5-3;5*2-1(3,4)5;/h1-2H2,(H,5,6,7);;;;;;/q;5*-1;/p-1. The first-order chi connectivity index (χ1) is 13.3. The summed E-state index contributed by atoms with van der Waals surface area (Å²) in [5.74, 6) is -0.546. The van der Waals surface area contributed by atoms with Crippen LogP contribution in [0.2, 0.25) is 0 Å². The average molecular weight is 770 g/mol. The Balaban J connectivity index is -0.0000000664. The summed E-state index contributed by atoms with van der Waals surface area (Å²) in [5, 5.41) is 3.11. The number of imide groups is 1. The third-order valence-electron chi connectivity index (χ3n) is 0.802. The molecule has 0 N–H and O–H groups in total. The number of hydrogen-bond donors (Lipinski definition) is 0. The Hall–Kier alpha value is -0.883. The van der Waals surface area contributed by atoms with Gasteiger partial charge in [0.1, 0.15) is 0 Å². The van der Waals surface area contributed by atoms with E-state index < -0.39 is 36.3 Å².